The number of nitrogens with one attached hydrogen (secondary N) is 1. The number of aromatic nitrogens is 3. The van der Waals surface area contributed by atoms with Gasteiger partial charge in [0.15, 0.2) is 0 Å². The summed E-state index contributed by atoms with van der Waals surface area (Å²) in [5.74, 6) is -1.05. The molecule has 1 N–H and O–H groups in total. The van der Waals surface area contributed by atoms with E-state index in [1.807, 2.05) is 19.1 Å². The summed E-state index contributed by atoms with van der Waals surface area (Å²) >= 11 is 5.98. The molecule has 0 fully saturated rings. The van der Waals surface area contributed by atoms with Crippen molar-refractivity contribution < 1.29 is 8.78 Å². The van der Waals surface area contributed by atoms with Gasteiger partial charge < -0.3 is 5.32 Å². The van der Waals surface area contributed by atoms with Crippen molar-refractivity contribution in [3.8, 4) is 5.69 Å². The van der Waals surface area contributed by atoms with E-state index < -0.39 is 11.6 Å². The third-order valence-corrected chi connectivity index (χ3v) is 3.12. The summed E-state index contributed by atoms with van der Waals surface area (Å²) in [7, 11) is 0. The highest BCUT2D eigenvalue weighted by atomic mass is 35.5. The predicted octanol–water partition coefficient (Wildman–Crippen LogP) is 4.25. The zero-order valence-corrected chi connectivity index (χ0v) is 12.3. The second-order valence-corrected chi connectivity index (χ2v) is 5.22. The second-order valence-electron chi connectivity index (χ2n) is 4.78. The number of aryl methyl sites for hydroxylation is 1. The Balaban J connectivity index is 1.87. The molecule has 0 spiro atoms. The molecule has 0 aliphatic carbocycles. The quantitative estimate of drug-likeness (QED) is 0.784. The molecule has 7 heteroatoms. The van der Waals surface area contributed by atoms with Crippen LogP contribution in [-0.2, 0) is 0 Å². The van der Waals surface area contributed by atoms with Gasteiger partial charge in [0.1, 0.15) is 18.0 Å². The van der Waals surface area contributed by atoms with Gasteiger partial charge in [0.25, 0.3) is 0 Å². The van der Waals surface area contributed by atoms with Crippen LogP contribution in [0.3, 0.4) is 0 Å². The lowest BCUT2D eigenvalue weighted by Gasteiger charge is -2.04. The Bertz CT molecular complexity index is 792. The van der Waals surface area contributed by atoms with Crippen molar-refractivity contribution in [2.45, 2.75) is 6.92 Å². The topological polar surface area (TPSA) is 42.7 Å². The minimum Gasteiger partial charge on any atom is -0.323 e. The van der Waals surface area contributed by atoms with Crippen LogP contribution in [0.25, 0.3) is 5.69 Å². The van der Waals surface area contributed by atoms with Crippen molar-refractivity contribution in [3.63, 3.8) is 0 Å². The van der Waals surface area contributed by atoms with E-state index in [0.29, 0.717) is 11.0 Å². The lowest BCUT2D eigenvalue weighted by Crippen LogP contribution is -1.98. The van der Waals surface area contributed by atoms with Gasteiger partial charge in [-0.1, -0.05) is 11.6 Å². The van der Waals surface area contributed by atoms with Crippen LogP contribution < -0.4 is 5.32 Å². The minimum absolute atomic E-state index is 0.250. The molecule has 0 saturated heterocycles. The maximum Gasteiger partial charge on any atom is 0.246 e. The molecule has 0 atom stereocenters. The molecule has 0 saturated carbocycles. The highest BCUT2D eigenvalue weighted by molar-refractivity contribution is 6.30. The van der Waals surface area contributed by atoms with Crippen LogP contribution in [0.5, 0.6) is 0 Å². The van der Waals surface area contributed by atoms with E-state index >= 15 is 0 Å². The van der Waals surface area contributed by atoms with Crippen molar-refractivity contribution in [2.75, 3.05) is 5.32 Å². The van der Waals surface area contributed by atoms with Gasteiger partial charge in [-0.15, -0.1) is 5.10 Å². The third-order valence-electron chi connectivity index (χ3n) is 2.90. The Morgan fingerprint density at radius 2 is 1.77 bits per heavy atom. The number of hydrogen-bond acceptors (Lipinski definition) is 3. The van der Waals surface area contributed by atoms with Gasteiger partial charge in [0.05, 0.1) is 5.69 Å². The van der Waals surface area contributed by atoms with Crippen LogP contribution in [0.1, 0.15) is 5.56 Å². The number of nitrogens with zero attached hydrogens (tertiary/aromatic N) is 3. The van der Waals surface area contributed by atoms with Crippen molar-refractivity contribution in [1.29, 1.82) is 0 Å². The van der Waals surface area contributed by atoms with E-state index in [2.05, 4.69) is 15.4 Å². The van der Waals surface area contributed by atoms with E-state index in [-0.39, 0.29) is 5.69 Å². The second kappa shape index (κ2) is 5.73. The highest BCUT2D eigenvalue weighted by Gasteiger charge is 2.07. The monoisotopic (exact) mass is 320 g/mol. The van der Waals surface area contributed by atoms with Gasteiger partial charge in [0.2, 0.25) is 5.95 Å². The molecule has 3 rings (SSSR count). The summed E-state index contributed by atoms with van der Waals surface area (Å²) < 4.78 is 27.7. The summed E-state index contributed by atoms with van der Waals surface area (Å²) in [6, 6.07) is 8.59. The number of anilines is 2. The molecule has 2 aromatic carbocycles. The van der Waals surface area contributed by atoms with Gasteiger partial charge in [0, 0.05) is 16.8 Å². The largest absolute Gasteiger partial charge is 0.323 e. The fourth-order valence-corrected chi connectivity index (χ4v) is 2.34. The summed E-state index contributed by atoms with van der Waals surface area (Å²) in [4.78, 5) is 4.06. The average molecular weight is 321 g/mol. The SMILES string of the molecule is Cc1cc(Cl)cc(Nc2ncn(-c3cc(F)cc(F)c3)n2)c1. The number of benzene rings is 2. The molecular formula is C15H11ClF2N4. The lowest BCUT2D eigenvalue weighted by atomic mass is 10.2. The van der Waals surface area contributed by atoms with Crippen LogP contribution in [0.15, 0.2) is 42.7 Å². The van der Waals surface area contributed by atoms with E-state index in [9.17, 15) is 8.78 Å². The Kier molecular flexibility index (Phi) is 3.77. The molecule has 0 unspecified atom stereocenters. The average Bonchev–Trinajstić information content (AvgIpc) is 2.84. The molecule has 1 heterocycles. The van der Waals surface area contributed by atoms with E-state index in [4.69, 9.17) is 11.6 Å². The summed E-state index contributed by atoms with van der Waals surface area (Å²) in [6.07, 6.45) is 1.37. The van der Waals surface area contributed by atoms with Crippen molar-refractivity contribution in [1.82, 2.24) is 14.8 Å². The van der Waals surface area contributed by atoms with Crippen LogP contribution in [-0.4, -0.2) is 14.8 Å². The first-order valence-corrected chi connectivity index (χ1v) is 6.80. The van der Waals surface area contributed by atoms with E-state index in [0.717, 1.165) is 17.3 Å². The minimum atomic E-state index is -0.675. The Morgan fingerprint density at radius 3 is 2.45 bits per heavy atom. The van der Waals surface area contributed by atoms with Gasteiger partial charge in [-0.05, 0) is 42.8 Å². The Labute approximate surface area is 130 Å². The number of hydrogen-bond donors (Lipinski definition) is 1. The first-order valence-electron chi connectivity index (χ1n) is 6.42. The van der Waals surface area contributed by atoms with E-state index in [1.165, 1.54) is 23.1 Å². The first kappa shape index (κ1) is 14.5. The number of halogens is 3. The summed E-state index contributed by atoms with van der Waals surface area (Å²) in [5.41, 5.74) is 1.97. The summed E-state index contributed by atoms with van der Waals surface area (Å²) in [6.45, 7) is 1.92. The van der Waals surface area contributed by atoms with E-state index in [1.54, 1.807) is 6.07 Å². The van der Waals surface area contributed by atoms with Crippen LogP contribution >= 0.6 is 11.6 Å². The standard InChI is InChI=1S/C15H11ClF2N4/c1-9-2-10(16)4-13(3-9)20-15-19-8-22(21-15)14-6-11(17)5-12(18)7-14/h2-8H,1H3,(H,20,21). The first-order chi connectivity index (χ1) is 10.5. The lowest BCUT2D eigenvalue weighted by molar-refractivity contribution is 0.580. The molecule has 0 radical (unpaired) electrons. The van der Waals surface area contributed by atoms with Crippen LogP contribution in [0.2, 0.25) is 5.02 Å². The Hall–Kier alpha value is -2.47. The van der Waals surface area contributed by atoms with Crippen molar-refractivity contribution >= 4 is 23.2 Å². The smallest absolute Gasteiger partial charge is 0.246 e. The highest BCUT2D eigenvalue weighted by Crippen LogP contribution is 2.21. The maximum absolute atomic E-state index is 13.2. The number of rotatable bonds is 3. The molecule has 0 amide bonds. The molecule has 22 heavy (non-hydrogen) atoms. The van der Waals surface area contributed by atoms with Gasteiger partial charge >= 0.3 is 0 Å². The van der Waals surface area contributed by atoms with Crippen LogP contribution in [0, 0.1) is 18.6 Å². The zero-order valence-electron chi connectivity index (χ0n) is 11.5. The zero-order chi connectivity index (χ0) is 15.7. The Morgan fingerprint density at radius 1 is 1.05 bits per heavy atom. The fraction of sp³-hybridized carbons (Fsp3) is 0.0667. The molecule has 112 valence electrons. The predicted molar refractivity (Wildman–Crippen MR) is 80.7 cm³/mol. The molecule has 0 aliphatic heterocycles. The normalized spacial score (nSPS) is 10.7. The van der Waals surface area contributed by atoms with Gasteiger partial charge in [-0.3, -0.25) is 0 Å². The van der Waals surface area contributed by atoms with Crippen LogP contribution in [0.4, 0.5) is 20.4 Å². The van der Waals surface area contributed by atoms with Gasteiger partial charge in [-0.2, -0.15) is 4.98 Å². The third kappa shape index (κ3) is 3.23. The van der Waals surface area contributed by atoms with Gasteiger partial charge in [-0.25, -0.2) is 13.5 Å². The molecule has 0 aliphatic rings. The van der Waals surface area contributed by atoms with Crippen molar-refractivity contribution in [2.24, 2.45) is 0 Å². The molecule has 3 aromatic rings. The molecular weight excluding hydrogens is 310 g/mol. The molecule has 4 nitrogen and oxygen atoms in total. The van der Waals surface area contributed by atoms with Crippen molar-refractivity contribution in [3.05, 3.63) is 64.9 Å². The molecule has 1 aromatic heterocycles. The summed E-state index contributed by atoms with van der Waals surface area (Å²) in [5, 5.41) is 7.72. The fourth-order valence-electron chi connectivity index (χ4n) is 2.05. The maximum atomic E-state index is 13.2. The molecule has 0 bridgehead atoms.